The van der Waals surface area contributed by atoms with Crippen LogP contribution in [0.2, 0.25) is 0 Å². The van der Waals surface area contributed by atoms with Gasteiger partial charge in [-0.15, -0.1) is 0 Å². The maximum Gasteiger partial charge on any atom is 0.221 e. The second-order valence-electron chi connectivity index (χ2n) is 6.37. The zero-order valence-electron chi connectivity index (χ0n) is 14.1. The molecule has 0 aromatic heterocycles. The lowest BCUT2D eigenvalue weighted by Crippen LogP contribution is -2.36. The third-order valence-corrected chi connectivity index (χ3v) is 4.46. The Morgan fingerprint density at radius 3 is 2.84 bits per heavy atom. The second kappa shape index (κ2) is 8.23. The largest absolute Gasteiger partial charge is 0.371 e. The summed E-state index contributed by atoms with van der Waals surface area (Å²) < 4.78 is 19.4. The molecule has 5 heteroatoms. The lowest BCUT2D eigenvalue weighted by atomic mass is 9.97. The molecule has 1 aliphatic rings. The van der Waals surface area contributed by atoms with Gasteiger partial charge in [0.1, 0.15) is 11.9 Å². The maximum absolute atomic E-state index is 13.6. The molecule has 0 spiro atoms. The molecule has 25 heavy (non-hydrogen) atoms. The summed E-state index contributed by atoms with van der Waals surface area (Å²) in [6.45, 7) is 1.08. The predicted octanol–water partition coefficient (Wildman–Crippen LogP) is 2.52. The number of halogens is 1. The summed E-state index contributed by atoms with van der Waals surface area (Å²) in [6.07, 6.45) is 1.26. The van der Waals surface area contributed by atoms with Crippen LogP contribution in [0.4, 0.5) is 4.39 Å². The molecule has 1 heterocycles. The van der Waals surface area contributed by atoms with Crippen LogP contribution in [-0.4, -0.2) is 25.1 Å². The van der Waals surface area contributed by atoms with Crippen LogP contribution in [0.15, 0.2) is 48.5 Å². The standard InChI is InChI=1S/C20H23FN2O2/c21-18-8-4-2-6-15(18)11-16(22)12-20(24)23-13-19-17-7-3-1-5-14(17)9-10-25-19/h1-8,16,19H,9-13,22H2,(H,23,24)/t16-,19?/m1/s1. The van der Waals surface area contributed by atoms with Gasteiger partial charge in [0, 0.05) is 19.0 Å². The van der Waals surface area contributed by atoms with E-state index in [0.29, 0.717) is 25.1 Å². The Hall–Kier alpha value is -2.24. The Morgan fingerprint density at radius 1 is 1.24 bits per heavy atom. The number of nitrogens with one attached hydrogen (secondary N) is 1. The highest BCUT2D eigenvalue weighted by atomic mass is 19.1. The average Bonchev–Trinajstić information content (AvgIpc) is 2.62. The monoisotopic (exact) mass is 342 g/mol. The van der Waals surface area contributed by atoms with Gasteiger partial charge in [-0.1, -0.05) is 42.5 Å². The first kappa shape index (κ1) is 17.6. The number of hydrogen-bond donors (Lipinski definition) is 2. The summed E-state index contributed by atoms with van der Waals surface area (Å²) >= 11 is 0. The molecular formula is C20H23FN2O2. The van der Waals surface area contributed by atoms with Gasteiger partial charge in [-0.25, -0.2) is 4.39 Å². The van der Waals surface area contributed by atoms with Crippen LogP contribution in [-0.2, 0) is 22.4 Å². The molecule has 4 nitrogen and oxygen atoms in total. The highest BCUT2D eigenvalue weighted by molar-refractivity contribution is 5.76. The zero-order chi connectivity index (χ0) is 17.6. The minimum absolute atomic E-state index is 0.128. The lowest BCUT2D eigenvalue weighted by Gasteiger charge is -2.26. The van der Waals surface area contributed by atoms with Gasteiger partial charge >= 0.3 is 0 Å². The Balaban J connectivity index is 1.49. The van der Waals surface area contributed by atoms with Crippen molar-refractivity contribution >= 4 is 5.91 Å². The molecule has 0 saturated carbocycles. The fourth-order valence-corrected chi connectivity index (χ4v) is 3.18. The van der Waals surface area contributed by atoms with Gasteiger partial charge in [-0.2, -0.15) is 0 Å². The smallest absolute Gasteiger partial charge is 0.221 e. The number of hydrogen-bond acceptors (Lipinski definition) is 3. The maximum atomic E-state index is 13.6. The first-order valence-electron chi connectivity index (χ1n) is 8.58. The van der Waals surface area contributed by atoms with E-state index in [4.69, 9.17) is 10.5 Å². The average molecular weight is 342 g/mol. The van der Waals surface area contributed by atoms with E-state index in [2.05, 4.69) is 11.4 Å². The van der Waals surface area contributed by atoms with Crippen molar-refractivity contribution in [1.82, 2.24) is 5.32 Å². The van der Waals surface area contributed by atoms with E-state index in [9.17, 15) is 9.18 Å². The lowest BCUT2D eigenvalue weighted by molar-refractivity contribution is -0.122. The number of amides is 1. The zero-order valence-corrected chi connectivity index (χ0v) is 14.1. The number of carbonyl (C=O) groups excluding carboxylic acids is 1. The van der Waals surface area contributed by atoms with Crippen molar-refractivity contribution in [1.29, 1.82) is 0 Å². The van der Waals surface area contributed by atoms with Gasteiger partial charge in [-0.3, -0.25) is 4.79 Å². The van der Waals surface area contributed by atoms with Gasteiger partial charge in [-0.05, 0) is 35.6 Å². The van der Waals surface area contributed by atoms with Gasteiger partial charge < -0.3 is 15.8 Å². The van der Waals surface area contributed by atoms with Crippen LogP contribution >= 0.6 is 0 Å². The normalized spacial score (nSPS) is 17.6. The van der Waals surface area contributed by atoms with E-state index in [0.717, 1.165) is 12.0 Å². The van der Waals surface area contributed by atoms with E-state index in [-0.39, 0.29) is 24.2 Å². The highest BCUT2D eigenvalue weighted by Gasteiger charge is 2.21. The van der Waals surface area contributed by atoms with E-state index < -0.39 is 6.04 Å². The van der Waals surface area contributed by atoms with Crippen LogP contribution in [0.3, 0.4) is 0 Å². The Labute approximate surface area is 147 Å². The minimum atomic E-state index is -0.420. The number of ether oxygens (including phenoxy) is 1. The molecule has 3 N–H and O–H groups in total. The Bertz CT molecular complexity index is 735. The molecule has 0 radical (unpaired) electrons. The van der Waals surface area contributed by atoms with Crippen molar-refractivity contribution in [2.24, 2.45) is 5.73 Å². The molecule has 1 aliphatic heterocycles. The van der Waals surface area contributed by atoms with Crippen molar-refractivity contribution in [2.75, 3.05) is 13.2 Å². The molecule has 0 bridgehead atoms. The minimum Gasteiger partial charge on any atom is -0.371 e. The van der Waals surface area contributed by atoms with E-state index in [1.165, 1.54) is 11.6 Å². The molecule has 2 atom stereocenters. The molecule has 0 aliphatic carbocycles. The molecule has 0 fully saturated rings. The fourth-order valence-electron chi connectivity index (χ4n) is 3.18. The summed E-state index contributed by atoms with van der Waals surface area (Å²) in [6, 6.07) is 14.2. The third-order valence-electron chi connectivity index (χ3n) is 4.46. The van der Waals surface area contributed by atoms with Gasteiger partial charge in [0.2, 0.25) is 5.91 Å². The summed E-state index contributed by atoms with van der Waals surface area (Å²) in [4.78, 5) is 12.1. The molecular weight excluding hydrogens is 319 g/mol. The van der Waals surface area contributed by atoms with Crippen LogP contribution < -0.4 is 11.1 Å². The predicted molar refractivity (Wildman–Crippen MR) is 94.5 cm³/mol. The topological polar surface area (TPSA) is 64.4 Å². The first-order chi connectivity index (χ1) is 12.1. The second-order valence-corrected chi connectivity index (χ2v) is 6.37. The summed E-state index contributed by atoms with van der Waals surface area (Å²) in [5.41, 5.74) is 8.93. The number of fused-ring (bicyclic) bond motifs is 1. The number of nitrogens with two attached hydrogens (primary N) is 1. The quantitative estimate of drug-likeness (QED) is 0.848. The summed E-state index contributed by atoms with van der Waals surface area (Å²) in [5, 5.41) is 2.89. The van der Waals surface area contributed by atoms with E-state index in [1.54, 1.807) is 18.2 Å². The highest BCUT2D eigenvalue weighted by Crippen LogP contribution is 2.26. The van der Waals surface area contributed by atoms with Crippen molar-refractivity contribution in [3.05, 3.63) is 71.0 Å². The number of benzene rings is 2. The third kappa shape index (κ3) is 4.65. The molecule has 3 rings (SSSR count). The van der Waals surface area contributed by atoms with E-state index in [1.807, 2.05) is 18.2 Å². The van der Waals surface area contributed by atoms with Crippen LogP contribution in [0.25, 0.3) is 0 Å². The Kier molecular flexibility index (Phi) is 5.79. The Morgan fingerprint density at radius 2 is 2.00 bits per heavy atom. The van der Waals surface area contributed by atoms with E-state index >= 15 is 0 Å². The number of rotatable bonds is 6. The number of carbonyl (C=O) groups is 1. The molecule has 132 valence electrons. The molecule has 2 aromatic rings. The molecule has 1 amide bonds. The van der Waals surface area contributed by atoms with Crippen LogP contribution in [0.1, 0.15) is 29.2 Å². The first-order valence-corrected chi connectivity index (χ1v) is 8.58. The van der Waals surface area contributed by atoms with Crippen molar-refractivity contribution < 1.29 is 13.9 Å². The fraction of sp³-hybridized carbons (Fsp3) is 0.350. The summed E-state index contributed by atoms with van der Waals surface area (Å²) in [7, 11) is 0. The van der Waals surface area contributed by atoms with Crippen molar-refractivity contribution in [2.45, 2.75) is 31.4 Å². The van der Waals surface area contributed by atoms with Gasteiger partial charge in [0.05, 0.1) is 6.61 Å². The van der Waals surface area contributed by atoms with Crippen molar-refractivity contribution in [3.63, 3.8) is 0 Å². The summed E-state index contributed by atoms with van der Waals surface area (Å²) in [5.74, 6) is -0.430. The van der Waals surface area contributed by atoms with Gasteiger partial charge in [0.15, 0.2) is 0 Å². The van der Waals surface area contributed by atoms with Crippen LogP contribution in [0, 0.1) is 5.82 Å². The van der Waals surface area contributed by atoms with Crippen LogP contribution in [0.5, 0.6) is 0 Å². The molecule has 0 saturated heterocycles. The van der Waals surface area contributed by atoms with Gasteiger partial charge in [0.25, 0.3) is 0 Å². The molecule has 2 aromatic carbocycles. The SMILES string of the molecule is N[C@@H](CC(=O)NCC1OCCc2ccccc21)Cc1ccccc1F. The molecule has 1 unspecified atom stereocenters. The van der Waals surface area contributed by atoms with Crippen molar-refractivity contribution in [3.8, 4) is 0 Å².